The van der Waals surface area contributed by atoms with Crippen LogP contribution < -0.4 is 5.32 Å². The number of hydrogen-bond donors (Lipinski definition) is 1. The van der Waals surface area contributed by atoms with Gasteiger partial charge in [0.1, 0.15) is 5.82 Å². The van der Waals surface area contributed by atoms with E-state index in [0.717, 1.165) is 29.9 Å². The van der Waals surface area contributed by atoms with Crippen molar-refractivity contribution in [2.24, 2.45) is 5.92 Å². The minimum absolute atomic E-state index is 0.0293. The zero-order valence-corrected chi connectivity index (χ0v) is 18.2. The molecule has 1 aromatic carbocycles. The van der Waals surface area contributed by atoms with Gasteiger partial charge in [0.05, 0.1) is 11.0 Å². The fourth-order valence-corrected chi connectivity index (χ4v) is 4.61. The van der Waals surface area contributed by atoms with Crippen molar-refractivity contribution in [1.82, 2.24) is 19.8 Å². The topological polar surface area (TPSA) is 50.2 Å². The molecule has 7 heteroatoms. The lowest BCUT2D eigenvalue weighted by Crippen LogP contribution is -2.46. The van der Waals surface area contributed by atoms with Crippen molar-refractivity contribution < 1.29 is 13.6 Å². The van der Waals surface area contributed by atoms with Gasteiger partial charge in [-0.2, -0.15) is 0 Å². The van der Waals surface area contributed by atoms with Gasteiger partial charge in [0, 0.05) is 56.5 Å². The van der Waals surface area contributed by atoms with Crippen molar-refractivity contribution in [2.75, 3.05) is 26.2 Å². The highest BCUT2D eigenvalue weighted by Crippen LogP contribution is 2.38. The van der Waals surface area contributed by atoms with Crippen LogP contribution in [-0.2, 0) is 12.0 Å². The molecule has 30 heavy (non-hydrogen) atoms. The number of hydrogen-bond acceptors (Lipinski definition) is 3. The van der Waals surface area contributed by atoms with Crippen LogP contribution in [0.4, 0.5) is 8.78 Å². The first-order chi connectivity index (χ1) is 14.1. The molecule has 0 bridgehead atoms. The van der Waals surface area contributed by atoms with Gasteiger partial charge in [0.15, 0.2) is 0 Å². The summed E-state index contributed by atoms with van der Waals surface area (Å²) in [6.45, 7) is 10.1. The molecule has 164 valence electrons. The Morgan fingerprint density at radius 1 is 1.20 bits per heavy atom. The summed E-state index contributed by atoms with van der Waals surface area (Å²) in [5.74, 6) is -1.30. The average molecular weight is 419 g/mol. The van der Waals surface area contributed by atoms with E-state index in [4.69, 9.17) is 4.98 Å². The Bertz CT molecular complexity index is 915. The van der Waals surface area contributed by atoms with Crippen LogP contribution in [-0.4, -0.2) is 52.5 Å². The second kappa shape index (κ2) is 7.91. The zero-order valence-electron chi connectivity index (χ0n) is 18.2. The van der Waals surface area contributed by atoms with Gasteiger partial charge < -0.3 is 14.8 Å². The number of carbonyl (C=O) groups is 1. The number of nitrogens with one attached hydrogen (secondary N) is 1. The number of fused-ring (bicyclic) bond motifs is 1. The van der Waals surface area contributed by atoms with E-state index in [0.29, 0.717) is 38.0 Å². The Kier molecular flexibility index (Phi) is 5.60. The van der Waals surface area contributed by atoms with Crippen molar-refractivity contribution in [3.8, 4) is 0 Å². The number of alkyl halides is 2. The molecular formula is C23H32F2N4O. The largest absolute Gasteiger partial charge is 0.336 e. The molecule has 1 saturated heterocycles. The highest BCUT2D eigenvalue weighted by atomic mass is 19.3. The van der Waals surface area contributed by atoms with Crippen LogP contribution in [0, 0.1) is 5.92 Å². The third kappa shape index (κ3) is 4.36. The molecule has 0 radical (unpaired) electrons. The monoisotopic (exact) mass is 418 g/mol. The van der Waals surface area contributed by atoms with E-state index in [1.807, 2.05) is 23.1 Å². The predicted octanol–water partition coefficient (Wildman–Crippen LogP) is 4.20. The van der Waals surface area contributed by atoms with E-state index in [1.165, 1.54) is 0 Å². The molecule has 0 unspecified atom stereocenters. The van der Waals surface area contributed by atoms with E-state index in [1.54, 1.807) is 0 Å². The van der Waals surface area contributed by atoms with Crippen LogP contribution in [0.1, 0.15) is 62.6 Å². The molecule has 4 rings (SSSR count). The van der Waals surface area contributed by atoms with Crippen LogP contribution in [0.3, 0.4) is 0 Å². The van der Waals surface area contributed by atoms with Crippen LogP contribution in [0.2, 0.25) is 0 Å². The van der Waals surface area contributed by atoms with Gasteiger partial charge in [-0.3, -0.25) is 4.79 Å². The maximum Gasteiger partial charge on any atom is 0.254 e. The van der Waals surface area contributed by atoms with E-state index in [-0.39, 0.29) is 30.1 Å². The Labute approximate surface area is 176 Å². The number of imidazole rings is 1. The summed E-state index contributed by atoms with van der Waals surface area (Å²) in [7, 11) is 0. The summed E-state index contributed by atoms with van der Waals surface area (Å²) in [5.41, 5.74) is 2.27. The third-order valence-electron chi connectivity index (χ3n) is 6.35. The molecular weight excluding hydrogens is 386 g/mol. The summed E-state index contributed by atoms with van der Waals surface area (Å²) in [4.78, 5) is 19.7. The molecule has 1 saturated carbocycles. The molecule has 2 fully saturated rings. The maximum absolute atomic E-state index is 13.6. The number of nitrogens with zero attached hydrogens (tertiary/aromatic N) is 3. The molecule has 2 aliphatic rings. The lowest BCUT2D eigenvalue weighted by molar-refractivity contribution is -0.0473. The van der Waals surface area contributed by atoms with Crippen LogP contribution >= 0.6 is 0 Å². The fraction of sp³-hybridized carbons (Fsp3) is 0.652. The minimum atomic E-state index is -2.51. The number of benzene rings is 1. The molecule has 2 aromatic rings. The fourth-order valence-electron chi connectivity index (χ4n) is 4.61. The second-order valence-electron chi connectivity index (χ2n) is 9.84. The van der Waals surface area contributed by atoms with Crippen molar-refractivity contribution in [2.45, 2.75) is 64.3 Å². The number of piperazine rings is 1. The molecule has 2 heterocycles. The normalized spacial score (nSPS) is 20.6. The molecule has 1 N–H and O–H groups in total. The van der Waals surface area contributed by atoms with Gasteiger partial charge >= 0.3 is 0 Å². The SMILES string of the molecule is CC(C)(C)c1nc2cc(C(=O)N3CCNCC3)ccc2n1CC1CCC(F)(F)CC1. The Morgan fingerprint density at radius 2 is 1.87 bits per heavy atom. The first kappa shape index (κ1) is 21.2. The van der Waals surface area contributed by atoms with Gasteiger partial charge in [-0.25, -0.2) is 13.8 Å². The third-order valence-corrected chi connectivity index (χ3v) is 6.35. The van der Waals surface area contributed by atoms with Crippen molar-refractivity contribution in [1.29, 1.82) is 0 Å². The number of amides is 1. The van der Waals surface area contributed by atoms with E-state index in [9.17, 15) is 13.6 Å². The highest BCUT2D eigenvalue weighted by molar-refractivity contribution is 5.97. The summed E-state index contributed by atoms with van der Waals surface area (Å²) >= 11 is 0. The lowest BCUT2D eigenvalue weighted by Gasteiger charge is -2.30. The number of rotatable bonds is 3. The van der Waals surface area contributed by atoms with Gasteiger partial charge in [0.2, 0.25) is 5.92 Å². The molecule has 1 amide bonds. The molecule has 0 spiro atoms. The van der Waals surface area contributed by atoms with Gasteiger partial charge in [-0.1, -0.05) is 20.8 Å². The molecule has 0 atom stereocenters. The van der Waals surface area contributed by atoms with Crippen LogP contribution in [0.5, 0.6) is 0 Å². The first-order valence-corrected chi connectivity index (χ1v) is 11.0. The lowest BCUT2D eigenvalue weighted by atomic mass is 9.86. The Morgan fingerprint density at radius 3 is 2.50 bits per heavy atom. The van der Waals surface area contributed by atoms with Crippen molar-refractivity contribution in [3.63, 3.8) is 0 Å². The average Bonchev–Trinajstić information content (AvgIpc) is 3.08. The van der Waals surface area contributed by atoms with Crippen LogP contribution in [0.25, 0.3) is 11.0 Å². The predicted molar refractivity (Wildman–Crippen MR) is 114 cm³/mol. The van der Waals surface area contributed by atoms with E-state index < -0.39 is 5.92 Å². The second-order valence-corrected chi connectivity index (χ2v) is 9.84. The summed E-state index contributed by atoms with van der Waals surface area (Å²) in [6, 6.07) is 5.75. The molecule has 5 nitrogen and oxygen atoms in total. The van der Waals surface area contributed by atoms with Gasteiger partial charge in [-0.05, 0) is 37.0 Å². The number of carbonyl (C=O) groups excluding carboxylic acids is 1. The number of aromatic nitrogens is 2. The highest BCUT2D eigenvalue weighted by Gasteiger charge is 2.35. The van der Waals surface area contributed by atoms with Crippen molar-refractivity contribution in [3.05, 3.63) is 29.6 Å². The Hall–Kier alpha value is -2.02. The molecule has 1 aliphatic heterocycles. The summed E-state index contributed by atoms with van der Waals surface area (Å²) in [5, 5.41) is 3.27. The summed E-state index contributed by atoms with van der Waals surface area (Å²) < 4.78 is 29.4. The molecule has 1 aromatic heterocycles. The Balaban J connectivity index is 1.64. The van der Waals surface area contributed by atoms with Crippen LogP contribution in [0.15, 0.2) is 18.2 Å². The number of halogens is 2. The standard InChI is InChI=1S/C23H32F2N4O/c1-22(2,3)21-27-18-14-17(20(30)28-12-10-26-11-13-28)4-5-19(18)29(21)15-16-6-8-23(24,25)9-7-16/h4-5,14,16,26H,6-13,15H2,1-3H3. The van der Waals surface area contributed by atoms with E-state index in [2.05, 4.69) is 30.7 Å². The first-order valence-electron chi connectivity index (χ1n) is 11.0. The zero-order chi connectivity index (χ0) is 21.5. The minimum Gasteiger partial charge on any atom is -0.336 e. The summed E-state index contributed by atoms with van der Waals surface area (Å²) in [6.07, 6.45) is 1.02. The molecule has 1 aliphatic carbocycles. The van der Waals surface area contributed by atoms with Gasteiger partial charge in [-0.15, -0.1) is 0 Å². The van der Waals surface area contributed by atoms with Crippen molar-refractivity contribution >= 4 is 16.9 Å². The van der Waals surface area contributed by atoms with Gasteiger partial charge in [0.25, 0.3) is 5.91 Å². The quantitative estimate of drug-likeness (QED) is 0.813. The smallest absolute Gasteiger partial charge is 0.254 e. The maximum atomic E-state index is 13.6. The van der Waals surface area contributed by atoms with E-state index >= 15 is 0 Å².